The van der Waals surface area contributed by atoms with Gasteiger partial charge in [0.25, 0.3) is 0 Å². The summed E-state index contributed by atoms with van der Waals surface area (Å²) in [4.78, 5) is 0. The molecule has 0 saturated heterocycles. The second kappa shape index (κ2) is 5.45. The molecule has 2 aromatic carbocycles. The largest absolute Gasteiger partial charge is 0.398 e. The number of anilines is 1. The number of rotatable bonds is 2. The molecule has 0 spiro atoms. The molecule has 2 N–H and O–H groups in total. The van der Waals surface area contributed by atoms with Gasteiger partial charge in [-0.25, -0.2) is 0 Å². The van der Waals surface area contributed by atoms with E-state index in [2.05, 4.69) is 17.2 Å². The molecule has 3 rings (SSSR count). The lowest BCUT2D eigenvalue weighted by molar-refractivity contribution is 0.687. The van der Waals surface area contributed by atoms with Crippen LogP contribution >= 0.6 is 0 Å². The zero-order valence-electron chi connectivity index (χ0n) is 11.8. The molecule has 0 aromatic heterocycles. The summed E-state index contributed by atoms with van der Waals surface area (Å²) in [5, 5.41) is 8.77. The summed E-state index contributed by atoms with van der Waals surface area (Å²) in [5.74, 6) is 0. The van der Waals surface area contributed by atoms with Gasteiger partial charge in [-0.2, -0.15) is 10.2 Å². The van der Waals surface area contributed by atoms with E-state index >= 15 is 0 Å². The predicted octanol–water partition coefficient (Wildman–Crippen LogP) is 4.87. The van der Waals surface area contributed by atoms with Gasteiger partial charge in [0.2, 0.25) is 0 Å². The molecule has 2 aromatic rings. The molecule has 0 radical (unpaired) electrons. The Balaban J connectivity index is 1.93. The van der Waals surface area contributed by atoms with E-state index in [1.807, 2.05) is 36.4 Å². The third-order valence-electron chi connectivity index (χ3n) is 3.85. The Labute approximate surface area is 119 Å². The summed E-state index contributed by atoms with van der Waals surface area (Å²) >= 11 is 0. The zero-order valence-corrected chi connectivity index (χ0v) is 11.8. The second-order valence-electron chi connectivity index (χ2n) is 5.37. The van der Waals surface area contributed by atoms with Gasteiger partial charge in [-0.3, -0.25) is 0 Å². The highest BCUT2D eigenvalue weighted by molar-refractivity contribution is 5.62. The van der Waals surface area contributed by atoms with Crippen LogP contribution in [0.15, 0.2) is 46.6 Å². The number of benzene rings is 2. The van der Waals surface area contributed by atoms with Gasteiger partial charge in [0.05, 0.1) is 11.4 Å². The number of hydrogen-bond acceptors (Lipinski definition) is 3. The van der Waals surface area contributed by atoms with Crippen LogP contribution in [0.1, 0.15) is 29.5 Å². The van der Waals surface area contributed by atoms with Crippen molar-refractivity contribution in [1.29, 1.82) is 0 Å². The average molecular weight is 265 g/mol. The Bertz CT molecular complexity index is 642. The summed E-state index contributed by atoms with van der Waals surface area (Å²) in [5.41, 5.74) is 12.6. The summed E-state index contributed by atoms with van der Waals surface area (Å²) < 4.78 is 0. The monoisotopic (exact) mass is 265 g/mol. The van der Waals surface area contributed by atoms with Crippen molar-refractivity contribution >= 4 is 17.1 Å². The Morgan fingerprint density at radius 1 is 0.850 bits per heavy atom. The molecule has 3 nitrogen and oxygen atoms in total. The number of hydrogen-bond donors (Lipinski definition) is 1. The van der Waals surface area contributed by atoms with Gasteiger partial charge in [0.1, 0.15) is 0 Å². The smallest absolute Gasteiger partial charge is 0.0893 e. The molecule has 0 unspecified atom stereocenters. The van der Waals surface area contributed by atoms with Crippen molar-refractivity contribution in [3.63, 3.8) is 0 Å². The van der Waals surface area contributed by atoms with Crippen LogP contribution in [-0.4, -0.2) is 0 Å². The molecule has 0 saturated carbocycles. The van der Waals surface area contributed by atoms with Crippen LogP contribution in [0.25, 0.3) is 0 Å². The van der Waals surface area contributed by atoms with Crippen LogP contribution in [0.2, 0.25) is 0 Å². The molecule has 0 fully saturated rings. The molecule has 1 aliphatic rings. The molecule has 0 atom stereocenters. The Morgan fingerprint density at radius 3 is 2.30 bits per heavy atom. The fourth-order valence-electron chi connectivity index (χ4n) is 2.69. The van der Waals surface area contributed by atoms with Crippen LogP contribution in [0.5, 0.6) is 0 Å². The van der Waals surface area contributed by atoms with Crippen molar-refractivity contribution in [2.75, 3.05) is 5.73 Å². The van der Waals surface area contributed by atoms with Gasteiger partial charge < -0.3 is 5.73 Å². The summed E-state index contributed by atoms with van der Waals surface area (Å²) in [6.45, 7) is 2.07. The zero-order chi connectivity index (χ0) is 13.9. The quantitative estimate of drug-likeness (QED) is 0.611. The fourth-order valence-corrected chi connectivity index (χ4v) is 2.69. The maximum absolute atomic E-state index is 6.06. The average Bonchev–Trinajstić information content (AvgIpc) is 2.49. The Hall–Kier alpha value is -2.16. The molecular weight excluding hydrogens is 246 g/mol. The minimum Gasteiger partial charge on any atom is -0.398 e. The van der Waals surface area contributed by atoms with Crippen molar-refractivity contribution < 1.29 is 0 Å². The molecule has 0 amide bonds. The van der Waals surface area contributed by atoms with Gasteiger partial charge in [0, 0.05) is 5.69 Å². The molecule has 3 heteroatoms. The number of nitrogens with two attached hydrogens (primary N) is 1. The van der Waals surface area contributed by atoms with Crippen molar-refractivity contribution in [3.05, 3.63) is 53.1 Å². The maximum atomic E-state index is 6.06. The van der Waals surface area contributed by atoms with Crippen LogP contribution in [-0.2, 0) is 12.8 Å². The third-order valence-corrected chi connectivity index (χ3v) is 3.85. The highest BCUT2D eigenvalue weighted by atomic mass is 15.1. The molecule has 20 heavy (non-hydrogen) atoms. The molecule has 0 bridgehead atoms. The SMILES string of the molecule is Cc1ccc(N=Nc2ccc(N)c3c2CCCC3)cc1. The van der Waals surface area contributed by atoms with Gasteiger partial charge >= 0.3 is 0 Å². The number of nitrogens with zero attached hydrogens (tertiary/aromatic N) is 2. The highest BCUT2D eigenvalue weighted by Crippen LogP contribution is 2.34. The van der Waals surface area contributed by atoms with Crippen LogP contribution < -0.4 is 5.73 Å². The fraction of sp³-hybridized carbons (Fsp3) is 0.294. The first-order valence-corrected chi connectivity index (χ1v) is 7.13. The van der Waals surface area contributed by atoms with Crippen molar-refractivity contribution in [3.8, 4) is 0 Å². The Kier molecular flexibility index (Phi) is 3.50. The van der Waals surface area contributed by atoms with Crippen LogP contribution in [0.3, 0.4) is 0 Å². The van der Waals surface area contributed by atoms with Crippen molar-refractivity contribution in [2.45, 2.75) is 32.6 Å². The maximum Gasteiger partial charge on any atom is 0.0893 e. The van der Waals surface area contributed by atoms with E-state index in [0.29, 0.717) is 0 Å². The van der Waals surface area contributed by atoms with Gasteiger partial charge in [-0.1, -0.05) is 17.7 Å². The van der Waals surface area contributed by atoms with Gasteiger partial charge in [0.15, 0.2) is 0 Å². The standard InChI is InChI=1S/C17H19N3/c1-12-6-8-13(9-7-12)19-20-17-11-10-16(18)14-4-2-3-5-15(14)17/h6-11H,2-5,18H2,1H3. The number of nitrogen functional groups attached to an aromatic ring is 1. The molecule has 102 valence electrons. The minimum absolute atomic E-state index is 0.886. The lowest BCUT2D eigenvalue weighted by Gasteiger charge is -2.18. The molecule has 1 aliphatic carbocycles. The van der Waals surface area contributed by atoms with Gasteiger partial charge in [-0.05, 0) is 68.0 Å². The highest BCUT2D eigenvalue weighted by Gasteiger charge is 2.15. The topological polar surface area (TPSA) is 50.7 Å². The van der Waals surface area contributed by atoms with Crippen LogP contribution in [0.4, 0.5) is 17.1 Å². The lowest BCUT2D eigenvalue weighted by atomic mass is 9.89. The molecule has 0 heterocycles. The summed E-state index contributed by atoms with van der Waals surface area (Å²) in [6.07, 6.45) is 4.55. The first-order valence-electron chi connectivity index (χ1n) is 7.13. The van der Waals surface area contributed by atoms with E-state index in [1.54, 1.807) is 0 Å². The number of aryl methyl sites for hydroxylation is 1. The summed E-state index contributed by atoms with van der Waals surface area (Å²) in [6, 6.07) is 12.0. The van der Waals surface area contributed by atoms with E-state index in [1.165, 1.54) is 29.5 Å². The van der Waals surface area contributed by atoms with E-state index in [0.717, 1.165) is 29.9 Å². The van der Waals surface area contributed by atoms with E-state index in [4.69, 9.17) is 5.73 Å². The lowest BCUT2D eigenvalue weighted by Crippen LogP contribution is -2.06. The van der Waals surface area contributed by atoms with E-state index in [-0.39, 0.29) is 0 Å². The number of azo groups is 1. The van der Waals surface area contributed by atoms with E-state index < -0.39 is 0 Å². The third kappa shape index (κ3) is 2.57. The summed E-state index contributed by atoms with van der Waals surface area (Å²) in [7, 11) is 0. The van der Waals surface area contributed by atoms with Crippen LogP contribution in [0, 0.1) is 6.92 Å². The predicted molar refractivity (Wildman–Crippen MR) is 82.9 cm³/mol. The van der Waals surface area contributed by atoms with E-state index in [9.17, 15) is 0 Å². The van der Waals surface area contributed by atoms with Gasteiger partial charge in [-0.15, -0.1) is 0 Å². The minimum atomic E-state index is 0.886. The molecular formula is C17H19N3. The normalized spacial score (nSPS) is 14.4. The Morgan fingerprint density at radius 2 is 1.55 bits per heavy atom. The first kappa shape index (κ1) is 12.9. The van der Waals surface area contributed by atoms with Crippen molar-refractivity contribution in [1.82, 2.24) is 0 Å². The number of fused-ring (bicyclic) bond motifs is 1. The van der Waals surface area contributed by atoms with Crippen molar-refractivity contribution in [2.24, 2.45) is 10.2 Å². The second-order valence-corrected chi connectivity index (χ2v) is 5.37. The first-order chi connectivity index (χ1) is 9.74. The molecule has 0 aliphatic heterocycles.